The van der Waals surface area contributed by atoms with Gasteiger partial charge in [0.05, 0.1) is 0 Å². The Bertz CT molecular complexity index is 873. The van der Waals surface area contributed by atoms with E-state index in [1.165, 1.54) is 12.1 Å². The first-order valence-corrected chi connectivity index (χ1v) is 9.95. The molecule has 1 heterocycles. The van der Waals surface area contributed by atoms with E-state index in [4.69, 9.17) is 15.6 Å². The Morgan fingerprint density at radius 1 is 1.03 bits per heavy atom. The summed E-state index contributed by atoms with van der Waals surface area (Å²) in [7, 11) is 0. The molecule has 0 aliphatic carbocycles. The predicted octanol–water partition coefficient (Wildman–Crippen LogP) is -1.84. The molecule has 0 saturated carbocycles. The van der Waals surface area contributed by atoms with Crippen LogP contribution in [0.3, 0.4) is 0 Å². The first-order valence-electron chi connectivity index (χ1n) is 9.95. The second-order valence-corrected chi connectivity index (χ2v) is 7.27. The van der Waals surface area contributed by atoms with Crippen LogP contribution < -0.4 is 21.7 Å². The molecule has 2 rings (SSSR count). The minimum absolute atomic E-state index is 0.0522. The number of ether oxygens (including phenoxy) is 1. The molecule has 1 aliphatic rings. The van der Waals surface area contributed by atoms with Crippen molar-refractivity contribution >= 4 is 29.6 Å². The SMILES string of the molecule is CCC[C@H](NC(=O)C1O[C@@H]1C(=O)NCC(=O)O)C(=O)N[C@@H](Cc1ccc(O)cc1)C(N)=O. The summed E-state index contributed by atoms with van der Waals surface area (Å²) in [4.78, 5) is 59.1. The summed E-state index contributed by atoms with van der Waals surface area (Å²) in [5.41, 5.74) is 6.06. The van der Waals surface area contributed by atoms with Gasteiger partial charge >= 0.3 is 5.97 Å². The number of nitrogens with two attached hydrogens (primary N) is 1. The summed E-state index contributed by atoms with van der Waals surface area (Å²) < 4.78 is 5.00. The number of carbonyl (C=O) groups is 5. The molecule has 1 saturated heterocycles. The number of benzene rings is 1. The van der Waals surface area contributed by atoms with Crippen molar-refractivity contribution in [1.29, 1.82) is 0 Å². The van der Waals surface area contributed by atoms with E-state index in [2.05, 4.69) is 16.0 Å². The van der Waals surface area contributed by atoms with E-state index < -0.39 is 60.4 Å². The quantitative estimate of drug-likeness (QED) is 0.199. The third-order valence-electron chi connectivity index (χ3n) is 4.67. The number of hydrogen-bond donors (Lipinski definition) is 6. The van der Waals surface area contributed by atoms with Crippen LogP contribution in [0.1, 0.15) is 25.3 Å². The molecule has 1 aromatic rings. The minimum Gasteiger partial charge on any atom is -0.508 e. The normalized spacial score (nSPS) is 18.7. The molecule has 12 heteroatoms. The molecule has 0 aromatic heterocycles. The fourth-order valence-electron chi connectivity index (χ4n) is 2.95. The molecule has 4 atom stereocenters. The first kappa shape index (κ1) is 24.6. The van der Waals surface area contributed by atoms with E-state index in [0.717, 1.165) is 0 Å². The smallest absolute Gasteiger partial charge is 0.322 e. The van der Waals surface area contributed by atoms with Gasteiger partial charge in [0.2, 0.25) is 11.8 Å². The van der Waals surface area contributed by atoms with E-state index in [9.17, 15) is 29.1 Å². The van der Waals surface area contributed by atoms with Gasteiger partial charge in [-0.3, -0.25) is 24.0 Å². The zero-order valence-corrected chi connectivity index (χ0v) is 17.4. The second kappa shape index (κ2) is 11.1. The molecule has 4 amide bonds. The molecule has 1 aliphatic heterocycles. The van der Waals surface area contributed by atoms with Crippen LogP contribution >= 0.6 is 0 Å². The number of phenols is 1. The monoisotopic (exact) mass is 450 g/mol. The first-order chi connectivity index (χ1) is 15.1. The fourth-order valence-corrected chi connectivity index (χ4v) is 2.95. The summed E-state index contributed by atoms with van der Waals surface area (Å²) in [6.07, 6.45) is -1.39. The maximum absolute atomic E-state index is 12.7. The van der Waals surface area contributed by atoms with Gasteiger partial charge in [-0.15, -0.1) is 0 Å². The molecule has 32 heavy (non-hydrogen) atoms. The lowest BCUT2D eigenvalue weighted by Crippen LogP contribution is -2.54. The van der Waals surface area contributed by atoms with Gasteiger partial charge in [-0.2, -0.15) is 0 Å². The molecular weight excluding hydrogens is 424 g/mol. The molecular formula is C20H26N4O8. The van der Waals surface area contributed by atoms with Gasteiger partial charge < -0.3 is 36.6 Å². The molecule has 12 nitrogen and oxygen atoms in total. The predicted molar refractivity (Wildman–Crippen MR) is 109 cm³/mol. The number of phenolic OH excluding ortho intramolecular Hbond substituents is 1. The molecule has 0 radical (unpaired) electrons. The van der Waals surface area contributed by atoms with Gasteiger partial charge in [0, 0.05) is 6.42 Å². The Hall–Kier alpha value is -3.67. The minimum atomic E-state index is -1.24. The van der Waals surface area contributed by atoms with Crippen molar-refractivity contribution in [2.24, 2.45) is 5.73 Å². The highest BCUT2D eigenvalue weighted by molar-refractivity contribution is 5.98. The lowest BCUT2D eigenvalue weighted by atomic mass is 10.0. The van der Waals surface area contributed by atoms with E-state index in [1.807, 2.05) is 0 Å². The number of carboxylic acid groups (broad SMARTS) is 1. The van der Waals surface area contributed by atoms with Gasteiger partial charge in [-0.25, -0.2) is 0 Å². The topological polar surface area (TPSA) is 200 Å². The van der Waals surface area contributed by atoms with Crippen LogP contribution in [0.2, 0.25) is 0 Å². The Labute approximate surface area is 183 Å². The van der Waals surface area contributed by atoms with Gasteiger partial charge in [-0.1, -0.05) is 25.5 Å². The van der Waals surface area contributed by atoms with Crippen LogP contribution in [0.4, 0.5) is 0 Å². The maximum Gasteiger partial charge on any atom is 0.322 e. The summed E-state index contributed by atoms with van der Waals surface area (Å²) >= 11 is 0. The lowest BCUT2D eigenvalue weighted by Gasteiger charge is -2.21. The van der Waals surface area contributed by atoms with E-state index in [-0.39, 0.29) is 18.6 Å². The van der Waals surface area contributed by atoms with Crippen molar-refractivity contribution in [1.82, 2.24) is 16.0 Å². The third kappa shape index (κ3) is 7.23. The number of carboxylic acids is 1. The highest BCUT2D eigenvalue weighted by Crippen LogP contribution is 2.22. The van der Waals surface area contributed by atoms with Gasteiger partial charge in [0.25, 0.3) is 11.8 Å². The van der Waals surface area contributed by atoms with E-state index in [1.54, 1.807) is 19.1 Å². The summed E-state index contributed by atoms with van der Waals surface area (Å²) in [6, 6.07) is 4.00. The number of aromatic hydroxyl groups is 1. The standard InChI is InChI=1S/C20H26N4O8/c1-2-3-12(23-20(31)16-15(32-16)19(30)22-9-14(26)27)18(29)24-13(17(21)28)8-10-4-6-11(25)7-5-10/h4-7,12-13,15-16,25H,2-3,8-9H2,1H3,(H2,21,28)(H,22,30)(H,23,31)(H,24,29)(H,26,27)/t12-,13-,15-,16?/m0/s1. The van der Waals surface area contributed by atoms with Crippen LogP contribution in [0.25, 0.3) is 0 Å². The number of rotatable bonds is 12. The molecule has 7 N–H and O–H groups in total. The Morgan fingerprint density at radius 3 is 2.22 bits per heavy atom. The zero-order valence-electron chi connectivity index (χ0n) is 17.4. The van der Waals surface area contributed by atoms with Crippen molar-refractivity contribution in [3.63, 3.8) is 0 Å². The van der Waals surface area contributed by atoms with Crippen molar-refractivity contribution in [3.8, 4) is 5.75 Å². The highest BCUT2D eigenvalue weighted by atomic mass is 16.6. The second-order valence-electron chi connectivity index (χ2n) is 7.27. The van der Waals surface area contributed by atoms with Gasteiger partial charge in [-0.05, 0) is 24.1 Å². The van der Waals surface area contributed by atoms with Crippen LogP contribution in [-0.2, 0) is 35.1 Å². The van der Waals surface area contributed by atoms with Crippen molar-refractivity contribution < 1.29 is 38.9 Å². The number of primary amides is 1. The van der Waals surface area contributed by atoms with E-state index in [0.29, 0.717) is 12.0 Å². The number of epoxide rings is 1. The lowest BCUT2D eigenvalue weighted by molar-refractivity contribution is -0.138. The molecule has 1 unspecified atom stereocenters. The fraction of sp³-hybridized carbons (Fsp3) is 0.450. The van der Waals surface area contributed by atoms with Crippen LogP contribution in [0.15, 0.2) is 24.3 Å². The Morgan fingerprint density at radius 2 is 1.66 bits per heavy atom. The van der Waals surface area contributed by atoms with Crippen LogP contribution in [0, 0.1) is 0 Å². The zero-order chi connectivity index (χ0) is 23.8. The number of amides is 4. The number of nitrogens with one attached hydrogen (secondary N) is 3. The number of hydrogen-bond acceptors (Lipinski definition) is 7. The highest BCUT2D eigenvalue weighted by Gasteiger charge is 2.51. The van der Waals surface area contributed by atoms with Crippen molar-refractivity contribution in [3.05, 3.63) is 29.8 Å². The molecule has 1 fully saturated rings. The summed E-state index contributed by atoms with van der Waals surface area (Å²) in [5.74, 6) is -4.04. The molecule has 0 bridgehead atoms. The van der Waals surface area contributed by atoms with Crippen molar-refractivity contribution in [2.45, 2.75) is 50.5 Å². The molecule has 1 aromatic carbocycles. The van der Waals surface area contributed by atoms with Gasteiger partial charge in [0.15, 0.2) is 12.2 Å². The van der Waals surface area contributed by atoms with Crippen LogP contribution in [-0.4, -0.2) is 70.6 Å². The van der Waals surface area contributed by atoms with Crippen LogP contribution in [0.5, 0.6) is 5.75 Å². The van der Waals surface area contributed by atoms with Gasteiger partial charge in [0.1, 0.15) is 24.4 Å². The maximum atomic E-state index is 12.7. The Kier molecular flexibility index (Phi) is 8.53. The summed E-state index contributed by atoms with van der Waals surface area (Å²) in [5, 5.41) is 25.0. The largest absolute Gasteiger partial charge is 0.508 e. The average Bonchev–Trinajstić information content (AvgIpc) is 3.53. The number of aliphatic carboxylic acids is 1. The molecule has 174 valence electrons. The average molecular weight is 450 g/mol. The summed E-state index contributed by atoms with van der Waals surface area (Å²) in [6.45, 7) is 1.19. The third-order valence-corrected chi connectivity index (χ3v) is 4.67. The van der Waals surface area contributed by atoms with Crippen molar-refractivity contribution in [2.75, 3.05) is 6.54 Å². The van der Waals surface area contributed by atoms with E-state index >= 15 is 0 Å². The number of carbonyl (C=O) groups excluding carboxylic acids is 4. The Balaban J connectivity index is 1.95. The molecule has 0 spiro atoms.